The molecule has 4 heteroatoms. The van der Waals surface area contributed by atoms with Gasteiger partial charge in [0.25, 0.3) is 5.91 Å². The van der Waals surface area contributed by atoms with Crippen LogP contribution in [0.15, 0.2) is 48.5 Å². The van der Waals surface area contributed by atoms with E-state index in [0.717, 1.165) is 23.4 Å². The summed E-state index contributed by atoms with van der Waals surface area (Å²) in [6.07, 6.45) is 6.05. The summed E-state index contributed by atoms with van der Waals surface area (Å²) in [5.41, 5.74) is 1.88. The molecule has 0 fully saturated rings. The summed E-state index contributed by atoms with van der Waals surface area (Å²) in [6, 6.07) is 15.1. The average molecular weight is 355 g/mol. The lowest BCUT2D eigenvalue weighted by Gasteiger charge is -2.10. The summed E-state index contributed by atoms with van der Waals surface area (Å²) in [7, 11) is 0. The third-order valence-electron chi connectivity index (χ3n) is 3.99. The van der Waals surface area contributed by atoms with Crippen LogP contribution in [0, 0.1) is 6.92 Å². The van der Waals surface area contributed by atoms with E-state index < -0.39 is 0 Å². The van der Waals surface area contributed by atoms with Gasteiger partial charge >= 0.3 is 0 Å². The maximum absolute atomic E-state index is 12.0. The number of hydrogen-bond donors (Lipinski definition) is 1. The molecule has 26 heavy (non-hydrogen) atoms. The summed E-state index contributed by atoms with van der Waals surface area (Å²) in [6.45, 7) is 4.88. The SMILES string of the molecule is CCCCCCCOc1cccc(OCC(=O)Nc2cccc(C)c2)c1. The molecule has 0 saturated heterocycles. The van der Waals surface area contributed by atoms with Crippen molar-refractivity contribution in [1.29, 1.82) is 0 Å². The summed E-state index contributed by atoms with van der Waals surface area (Å²) in [5, 5.41) is 2.83. The molecule has 0 heterocycles. The number of unbranched alkanes of at least 4 members (excludes halogenated alkanes) is 4. The van der Waals surface area contributed by atoms with Crippen molar-refractivity contribution in [3.8, 4) is 11.5 Å². The summed E-state index contributed by atoms with van der Waals surface area (Å²) in [4.78, 5) is 12.0. The van der Waals surface area contributed by atoms with Gasteiger partial charge in [0.05, 0.1) is 6.61 Å². The Morgan fingerprint density at radius 3 is 2.42 bits per heavy atom. The second kappa shape index (κ2) is 11.2. The van der Waals surface area contributed by atoms with Crippen LogP contribution in [0.2, 0.25) is 0 Å². The molecule has 0 spiro atoms. The van der Waals surface area contributed by atoms with E-state index in [-0.39, 0.29) is 12.5 Å². The molecule has 0 radical (unpaired) electrons. The van der Waals surface area contributed by atoms with E-state index in [2.05, 4.69) is 12.2 Å². The molecule has 2 rings (SSSR count). The fourth-order valence-electron chi connectivity index (χ4n) is 2.62. The highest BCUT2D eigenvalue weighted by Gasteiger charge is 2.05. The lowest BCUT2D eigenvalue weighted by Crippen LogP contribution is -2.20. The second-order valence-corrected chi connectivity index (χ2v) is 6.44. The van der Waals surface area contributed by atoms with Crippen LogP contribution in [0.5, 0.6) is 11.5 Å². The topological polar surface area (TPSA) is 47.6 Å². The lowest BCUT2D eigenvalue weighted by molar-refractivity contribution is -0.118. The standard InChI is InChI=1S/C22H29NO3/c1-3-4-5-6-7-14-25-20-12-9-13-21(16-20)26-17-22(24)23-19-11-8-10-18(2)15-19/h8-13,15-16H,3-7,14,17H2,1-2H3,(H,23,24). The van der Waals surface area contributed by atoms with Gasteiger partial charge in [-0.25, -0.2) is 0 Å². The van der Waals surface area contributed by atoms with Crippen molar-refractivity contribution in [1.82, 2.24) is 0 Å². The number of carbonyl (C=O) groups excluding carboxylic acids is 1. The van der Waals surface area contributed by atoms with Gasteiger partial charge in [0, 0.05) is 11.8 Å². The first-order valence-corrected chi connectivity index (χ1v) is 9.39. The van der Waals surface area contributed by atoms with Crippen LogP contribution in [-0.2, 0) is 4.79 Å². The Morgan fingerprint density at radius 1 is 0.923 bits per heavy atom. The van der Waals surface area contributed by atoms with Crippen LogP contribution in [0.4, 0.5) is 5.69 Å². The smallest absolute Gasteiger partial charge is 0.262 e. The van der Waals surface area contributed by atoms with Crippen LogP contribution in [-0.4, -0.2) is 19.1 Å². The first-order valence-electron chi connectivity index (χ1n) is 9.39. The molecule has 1 N–H and O–H groups in total. The van der Waals surface area contributed by atoms with E-state index in [1.165, 1.54) is 25.7 Å². The number of ether oxygens (including phenoxy) is 2. The first-order chi connectivity index (χ1) is 12.7. The molecule has 0 aliphatic rings. The van der Waals surface area contributed by atoms with Crippen molar-refractivity contribution in [2.75, 3.05) is 18.5 Å². The van der Waals surface area contributed by atoms with E-state index >= 15 is 0 Å². The number of hydrogen-bond acceptors (Lipinski definition) is 3. The number of anilines is 1. The van der Waals surface area contributed by atoms with E-state index in [4.69, 9.17) is 9.47 Å². The van der Waals surface area contributed by atoms with E-state index in [1.807, 2.05) is 55.5 Å². The molecule has 0 aromatic heterocycles. The Hall–Kier alpha value is -2.49. The Balaban J connectivity index is 1.73. The van der Waals surface area contributed by atoms with E-state index in [9.17, 15) is 4.79 Å². The predicted octanol–water partition coefficient (Wildman–Crippen LogP) is 5.36. The maximum Gasteiger partial charge on any atom is 0.262 e. The lowest BCUT2D eigenvalue weighted by atomic mass is 10.2. The van der Waals surface area contributed by atoms with Crippen molar-refractivity contribution in [2.45, 2.75) is 46.0 Å². The fourth-order valence-corrected chi connectivity index (χ4v) is 2.62. The van der Waals surface area contributed by atoms with Crippen LogP contribution in [0.25, 0.3) is 0 Å². The number of amides is 1. The van der Waals surface area contributed by atoms with Crippen LogP contribution < -0.4 is 14.8 Å². The third-order valence-corrected chi connectivity index (χ3v) is 3.99. The fraction of sp³-hybridized carbons (Fsp3) is 0.409. The third kappa shape index (κ3) is 7.60. The zero-order valence-corrected chi connectivity index (χ0v) is 15.8. The normalized spacial score (nSPS) is 10.4. The van der Waals surface area contributed by atoms with Crippen molar-refractivity contribution < 1.29 is 14.3 Å². The molecule has 0 aliphatic heterocycles. The summed E-state index contributed by atoms with van der Waals surface area (Å²) >= 11 is 0. The van der Waals surface area contributed by atoms with Gasteiger partial charge in [-0.15, -0.1) is 0 Å². The molecule has 0 unspecified atom stereocenters. The van der Waals surface area contributed by atoms with Crippen molar-refractivity contribution in [3.05, 3.63) is 54.1 Å². The molecule has 0 saturated carbocycles. The minimum atomic E-state index is -0.183. The van der Waals surface area contributed by atoms with Crippen molar-refractivity contribution >= 4 is 11.6 Å². The van der Waals surface area contributed by atoms with Crippen molar-refractivity contribution in [3.63, 3.8) is 0 Å². The number of aryl methyl sites for hydroxylation is 1. The minimum absolute atomic E-state index is 0.0333. The molecule has 2 aromatic carbocycles. The zero-order valence-electron chi connectivity index (χ0n) is 15.8. The molecular formula is C22H29NO3. The van der Waals surface area contributed by atoms with Gasteiger partial charge < -0.3 is 14.8 Å². The molecule has 0 atom stereocenters. The van der Waals surface area contributed by atoms with Gasteiger partial charge in [0.1, 0.15) is 11.5 Å². The van der Waals surface area contributed by atoms with Crippen LogP contribution in [0.1, 0.15) is 44.6 Å². The Morgan fingerprint density at radius 2 is 1.65 bits per heavy atom. The highest BCUT2D eigenvalue weighted by Crippen LogP contribution is 2.20. The minimum Gasteiger partial charge on any atom is -0.493 e. The van der Waals surface area contributed by atoms with E-state index in [1.54, 1.807) is 0 Å². The molecule has 0 bridgehead atoms. The number of carbonyl (C=O) groups is 1. The summed E-state index contributed by atoms with van der Waals surface area (Å²) in [5.74, 6) is 1.22. The predicted molar refractivity (Wildman–Crippen MR) is 106 cm³/mol. The molecule has 0 aliphatic carbocycles. The van der Waals surface area contributed by atoms with Crippen LogP contribution >= 0.6 is 0 Å². The molecule has 4 nitrogen and oxygen atoms in total. The Kier molecular flexibility index (Phi) is 8.53. The van der Waals surface area contributed by atoms with E-state index in [0.29, 0.717) is 12.4 Å². The maximum atomic E-state index is 12.0. The van der Waals surface area contributed by atoms with Gasteiger partial charge in [-0.1, -0.05) is 50.8 Å². The highest BCUT2D eigenvalue weighted by molar-refractivity contribution is 5.91. The zero-order chi connectivity index (χ0) is 18.6. The van der Waals surface area contributed by atoms with Gasteiger partial charge in [-0.2, -0.15) is 0 Å². The van der Waals surface area contributed by atoms with Crippen molar-refractivity contribution in [2.24, 2.45) is 0 Å². The highest BCUT2D eigenvalue weighted by atomic mass is 16.5. The average Bonchev–Trinajstić information content (AvgIpc) is 2.63. The number of benzene rings is 2. The largest absolute Gasteiger partial charge is 0.493 e. The second-order valence-electron chi connectivity index (χ2n) is 6.44. The first kappa shape index (κ1) is 19.8. The molecular weight excluding hydrogens is 326 g/mol. The Labute approximate surface area is 156 Å². The number of nitrogens with one attached hydrogen (secondary N) is 1. The molecule has 2 aromatic rings. The van der Waals surface area contributed by atoms with Gasteiger partial charge in [-0.05, 0) is 43.2 Å². The molecule has 1 amide bonds. The van der Waals surface area contributed by atoms with Gasteiger partial charge in [-0.3, -0.25) is 4.79 Å². The number of rotatable bonds is 11. The Bertz CT molecular complexity index is 685. The monoisotopic (exact) mass is 355 g/mol. The van der Waals surface area contributed by atoms with Gasteiger partial charge in [0.2, 0.25) is 0 Å². The summed E-state index contributed by atoms with van der Waals surface area (Å²) < 4.78 is 11.3. The van der Waals surface area contributed by atoms with Gasteiger partial charge in [0.15, 0.2) is 6.61 Å². The quantitative estimate of drug-likeness (QED) is 0.552. The molecule has 140 valence electrons. The van der Waals surface area contributed by atoms with Crippen LogP contribution in [0.3, 0.4) is 0 Å².